The smallest absolute Gasteiger partial charge is 0.237 e. The predicted molar refractivity (Wildman–Crippen MR) is 86.3 cm³/mol. The number of carbonyl (C=O) groups excluding carboxylic acids is 2. The number of nitrogens with zero attached hydrogens (tertiary/aromatic N) is 1. The first-order valence-electron chi connectivity index (χ1n) is 7.98. The van der Waals surface area contributed by atoms with Crippen molar-refractivity contribution in [2.75, 3.05) is 19.6 Å². The maximum Gasteiger partial charge on any atom is 0.237 e. The van der Waals surface area contributed by atoms with E-state index in [0.717, 1.165) is 18.4 Å². The van der Waals surface area contributed by atoms with Gasteiger partial charge in [-0.25, -0.2) is 0 Å². The zero-order chi connectivity index (χ0) is 15.9. The van der Waals surface area contributed by atoms with Crippen molar-refractivity contribution in [2.24, 2.45) is 0 Å². The van der Waals surface area contributed by atoms with E-state index >= 15 is 0 Å². The third kappa shape index (κ3) is 4.31. The molecular weight excluding hydrogens is 278 g/mol. The summed E-state index contributed by atoms with van der Waals surface area (Å²) in [6.07, 6.45) is 1.91. The predicted octanol–water partition coefficient (Wildman–Crippen LogP) is 1.46. The number of carbonyl (C=O) groups is 2. The number of rotatable bonds is 6. The van der Waals surface area contributed by atoms with Crippen molar-refractivity contribution < 1.29 is 9.59 Å². The van der Waals surface area contributed by atoms with E-state index in [-0.39, 0.29) is 23.9 Å². The first kappa shape index (κ1) is 16.5. The van der Waals surface area contributed by atoms with Gasteiger partial charge in [0.2, 0.25) is 11.8 Å². The van der Waals surface area contributed by atoms with Crippen molar-refractivity contribution in [3.05, 3.63) is 35.9 Å². The van der Waals surface area contributed by atoms with Crippen LogP contribution < -0.4 is 10.6 Å². The van der Waals surface area contributed by atoms with Gasteiger partial charge in [0.1, 0.15) is 0 Å². The molecule has 5 nitrogen and oxygen atoms in total. The highest BCUT2D eigenvalue weighted by atomic mass is 16.2. The normalized spacial score (nSPS) is 18.4. The quantitative estimate of drug-likeness (QED) is 0.836. The SMILES string of the molecule is CCC[C@H](NC(=O)[C@@H](C)N1CCNC(=O)C1)c1ccccc1. The molecule has 2 amide bonds. The molecule has 1 aliphatic heterocycles. The highest BCUT2D eigenvalue weighted by molar-refractivity contribution is 5.84. The van der Waals surface area contributed by atoms with Gasteiger partial charge in [0.05, 0.1) is 18.6 Å². The van der Waals surface area contributed by atoms with E-state index in [9.17, 15) is 9.59 Å². The molecule has 5 heteroatoms. The zero-order valence-electron chi connectivity index (χ0n) is 13.3. The van der Waals surface area contributed by atoms with Gasteiger partial charge >= 0.3 is 0 Å². The Hall–Kier alpha value is -1.88. The van der Waals surface area contributed by atoms with E-state index in [4.69, 9.17) is 0 Å². The van der Waals surface area contributed by atoms with Gasteiger partial charge < -0.3 is 10.6 Å². The summed E-state index contributed by atoms with van der Waals surface area (Å²) in [5.41, 5.74) is 1.13. The molecule has 2 rings (SSSR count). The minimum Gasteiger partial charge on any atom is -0.354 e. The Kier molecular flexibility index (Phi) is 5.95. The molecule has 2 N–H and O–H groups in total. The average Bonchev–Trinajstić information content (AvgIpc) is 2.54. The highest BCUT2D eigenvalue weighted by Gasteiger charge is 2.27. The molecule has 1 aromatic rings. The second-order valence-electron chi connectivity index (χ2n) is 5.76. The molecule has 0 spiro atoms. The molecule has 1 saturated heterocycles. The molecule has 0 aliphatic carbocycles. The molecular formula is C17H25N3O2. The fourth-order valence-electron chi connectivity index (χ4n) is 2.74. The van der Waals surface area contributed by atoms with Crippen molar-refractivity contribution in [2.45, 2.75) is 38.8 Å². The topological polar surface area (TPSA) is 61.4 Å². The second-order valence-corrected chi connectivity index (χ2v) is 5.76. The Bertz CT molecular complexity index is 504. The third-order valence-corrected chi connectivity index (χ3v) is 4.09. The van der Waals surface area contributed by atoms with Crippen molar-refractivity contribution in [3.63, 3.8) is 0 Å². The maximum absolute atomic E-state index is 12.5. The molecule has 22 heavy (non-hydrogen) atoms. The molecule has 0 radical (unpaired) electrons. The van der Waals surface area contributed by atoms with E-state index in [1.54, 1.807) is 0 Å². The number of nitrogens with one attached hydrogen (secondary N) is 2. The van der Waals surface area contributed by atoms with Gasteiger partial charge in [-0.1, -0.05) is 43.7 Å². The second kappa shape index (κ2) is 7.94. The molecule has 0 saturated carbocycles. The van der Waals surface area contributed by atoms with Crippen LogP contribution in [0.1, 0.15) is 38.3 Å². The van der Waals surface area contributed by atoms with Gasteiger partial charge in [-0.15, -0.1) is 0 Å². The molecule has 0 aromatic heterocycles. The number of hydrogen-bond donors (Lipinski definition) is 2. The van der Waals surface area contributed by atoms with Crippen molar-refractivity contribution in [1.82, 2.24) is 15.5 Å². The van der Waals surface area contributed by atoms with Crippen LogP contribution in [0.3, 0.4) is 0 Å². The lowest BCUT2D eigenvalue weighted by atomic mass is 10.0. The van der Waals surface area contributed by atoms with Crippen LogP contribution in [0.2, 0.25) is 0 Å². The van der Waals surface area contributed by atoms with Gasteiger partial charge in [0, 0.05) is 13.1 Å². The Morgan fingerprint density at radius 1 is 1.36 bits per heavy atom. The van der Waals surface area contributed by atoms with Crippen molar-refractivity contribution >= 4 is 11.8 Å². The maximum atomic E-state index is 12.5. The van der Waals surface area contributed by atoms with Crippen LogP contribution in [0.15, 0.2) is 30.3 Å². The molecule has 1 heterocycles. The molecule has 0 bridgehead atoms. The molecule has 0 unspecified atom stereocenters. The molecule has 1 fully saturated rings. The first-order chi connectivity index (χ1) is 10.6. The van der Waals surface area contributed by atoms with E-state index in [1.807, 2.05) is 42.2 Å². The van der Waals surface area contributed by atoms with E-state index in [1.165, 1.54) is 0 Å². The lowest BCUT2D eigenvalue weighted by molar-refractivity contribution is -0.130. The Labute approximate surface area is 132 Å². The van der Waals surface area contributed by atoms with E-state index in [2.05, 4.69) is 17.6 Å². The molecule has 1 aliphatic rings. The van der Waals surface area contributed by atoms with Crippen molar-refractivity contribution in [1.29, 1.82) is 0 Å². The van der Waals surface area contributed by atoms with Crippen LogP contribution in [0.25, 0.3) is 0 Å². The Morgan fingerprint density at radius 2 is 2.09 bits per heavy atom. The summed E-state index contributed by atoms with van der Waals surface area (Å²) in [4.78, 5) is 25.9. The van der Waals surface area contributed by atoms with E-state index < -0.39 is 0 Å². The summed E-state index contributed by atoms with van der Waals surface area (Å²) in [6.45, 7) is 5.58. The fourth-order valence-corrected chi connectivity index (χ4v) is 2.74. The first-order valence-corrected chi connectivity index (χ1v) is 7.98. The van der Waals surface area contributed by atoms with Crippen molar-refractivity contribution in [3.8, 4) is 0 Å². The lowest BCUT2D eigenvalue weighted by Crippen LogP contribution is -2.55. The van der Waals surface area contributed by atoms with Crippen LogP contribution in [0.4, 0.5) is 0 Å². The largest absolute Gasteiger partial charge is 0.354 e. The summed E-state index contributed by atoms with van der Waals surface area (Å²) in [5.74, 6) is -0.0314. The Morgan fingerprint density at radius 3 is 2.73 bits per heavy atom. The number of hydrogen-bond acceptors (Lipinski definition) is 3. The summed E-state index contributed by atoms with van der Waals surface area (Å²) in [6, 6.07) is 9.77. The summed E-state index contributed by atoms with van der Waals surface area (Å²) < 4.78 is 0. The fraction of sp³-hybridized carbons (Fsp3) is 0.529. The summed E-state index contributed by atoms with van der Waals surface area (Å²) >= 11 is 0. The van der Waals surface area contributed by atoms with E-state index in [0.29, 0.717) is 19.6 Å². The number of benzene rings is 1. The summed E-state index contributed by atoms with van der Waals surface area (Å²) in [5, 5.41) is 5.91. The van der Waals surface area contributed by atoms with Gasteiger partial charge in [-0.2, -0.15) is 0 Å². The van der Waals surface area contributed by atoms with Gasteiger partial charge in [0.15, 0.2) is 0 Å². The minimum absolute atomic E-state index is 0.0148. The Balaban J connectivity index is 1.99. The summed E-state index contributed by atoms with van der Waals surface area (Å²) in [7, 11) is 0. The van der Waals surface area contributed by atoms with Crippen LogP contribution in [0.5, 0.6) is 0 Å². The van der Waals surface area contributed by atoms with Gasteiger partial charge in [-0.3, -0.25) is 14.5 Å². The van der Waals surface area contributed by atoms with Gasteiger partial charge in [0.25, 0.3) is 0 Å². The molecule has 120 valence electrons. The van der Waals surface area contributed by atoms with Gasteiger partial charge in [-0.05, 0) is 18.9 Å². The molecule has 1 aromatic carbocycles. The third-order valence-electron chi connectivity index (χ3n) is 4.09. The average molecular weight is 303 g/mol. The minimum atomic E-state index is -0.297. The lowest BCUT2D eigenvalue weighted by Gasteiger charge is -2.32. The highest BCUT2D eigenvalue weighted by Crippen LogP contribution is 2.18. The zero-order valence-corrected chi connectivity index (χ0v) is 13.3. The number of amides is 2. The monoisotopic (exact) mass is 303 g/mol. The standard InChI is InChI=1S/C17H25N3O2/c1-3-7-15(14-8-5-4-6-9-14)19-17(22)13(2)20-11-10-18-16(21)12-20/h4-6,8-9,13,15H,3,7,10-12H2,1-2H3,(H,18,21)(H,19,22)/t13-,15+/m1/s1. The van der Waals surface area contributed by atoms with Crippen LogP contribution in [0, 0.1) is 0 Å². The van der Waals surface area contributed by atoms with Crippen LogP contribution in [-0.4, -0.2) is 42.4 Å². The molecule has 2 atom stereocenters. The number of piperazine rings is 1. The van der Waals surface area contributed by atoms with Crippen LogP contribution in [-0.2, 0) is 9.59 Å². The van der Waals surface area contributed by atoms with Crippen LogP contribution >= 0.6 is 0 Å².